The van der Waals surface area contributed by atoms with Crippen LogP contribution in [0.25, 0.3) is 196 Å². The third-order valence-electron chi connectivity index (χ3n) is 26.0. The molecule has 26 rings (SSSR count). The average molecular weight is 1760 g/mol. The number of para-hydroxylation sites is 1. The largest absolute Gasteiger partial charge is 0.341 e. The standard InChI is InChI=1S/2C29H21N.2C25H19N.11C2H6/c1-2-30-26-14-8-7-13-23(26)28-27-21-16-15-18-9-3-4-10-19(18)24(21)17-25(27)20-11-5-6-12-22(20)29(28)30;1-2-30-26-14-12-21-16-22-15-19-8-3-4-9-20(19)17-25(22)27(21)28(26)24-13-11-18-7-5-6-10-23(18)29(24)30;1-2-26-23-14-13-20-18-9-5-4-8-17(18)15-22(20)24(23)21-12-11-16-7-3-6-10-19(16)25(21)26;1-2-26-23-12-11-20-19-10-6-5-9-18(19)14-21(20)25(23)22-13-16-7-3-4-8-17(16)15-24(22)26;11*1-2/h3-16H,2,17H2,1H3;3-15,17H,2,16H2,1H3;3-14H,2,15H2,1H3;3-13,15H,2,14H2,1H3;11*1-2H3. The van der Waals surface area contributed by atoms with Crippen LogP contribution in [0.1, 0.15) is 225 Å². The van der Waals surface area contributed by atoms with Crippen molar-refractivity contribution in [2.24, 2.45) is 0 Å². The maximum atomic E-state index is 2.51. The van der Waals surface area contributed by atoms with Gasteiger partial charge in [0.05, 0.1) is 16.6 Å². The first-order valence-electron chi connectivity index (χ1n) is 51.4. The Hall–Kier alpha value is -13.3. The molecule has 0 spiro atoms. The van der Waals surface area contributed by atoms with Crippen LogP contribution in [0.2, 0.25) is 0 Å². The van der Waals surface area contributed by atoms with E-state index in [4.69, 9.17) is 0 Å². The molecule has 134 heavy (non-hydrogen) atoms. The normalized spacial score (nSPS) is 11.2. The monoisotopic (exact) mass is 1760 g/mol. The molecule has 0 radical (unpaired) electrons. The van der Waals surface area contributed by atoms with Gasteiger partial charge in [0.1, 0.15) is 0 Å². The van der Waals surface area contributed by atoms with Crippen LogP contribution in [0.3, 0.4) is 0 Å². The Morgan fingerprint density at radius 2 is 0.545 bits per heavy atom. The first-order chi connectivity index (χ1) is 66.4. The zero-order chi connectivity index (χ0) is 96.1. The van der Waals surface area contributed by atoms with Crippen molar-refractivity contribution in [1.82, 2.24) is 18.3 Å². The van der Waals surface area contributed by atoms with E-state index in [2.05, 4.69) is 361 Å². The average Bonchev–Trinajstić information content (AvgIpc) is 1.57. The van der Waals surface area contributed by atoms with Crippen LogP contribution in [-0.2, 0) is 51.9 Å². The van der Waals surface area contributed by atoms with Crippen LogP contribution in [0.4, 0.5) is 0 Å². The van der Waals surface area contributed by atoms with Gasteiger partial charge in [-0.05, 0) is 233 Å². The predicted octanol–water partition coefficient (Wildman–Crippen LogP) is 39.7. The van der Waals surface area contributed by atoms with Crippen molar-refractivity contribution in [1.29, 1.82) is 0 Å². The lowest BCUT2D eigenvalue weighted by molar-refractivity contribution is 0.827. The smallest absolute Gasteiger partial charge is 0.0577 e. The maximum absolute atomic E-state index is 2.51. The Labute approximate surface area is 801 Å². The highest BCUT2D eigenvalue weighted by Crippen LogP contribution is 2.53. The minimum absolute atomic E-state index is 0.970. The molecule has 0 amide bonds. The molecule has 4 heterocycles. The van der Waals surface area contributed by atoms with E-state index in [1.807, 2.05) is 152 Å². The summed E-state index contributed by atoms with van der Waals surface area (Å²) in [6.45, 7) is 56.9. The van der Waals surface area contributed by atoms with Gasteiger partial charge in [-0.3, -0.25) is 0 Å². The van der Waals surface area contributed by atoms with Crippen molar-refractivity contribution in [3.05, 3.63) is 360 Å². The lowest BCUT2D eigenvalue weighted by atomic mass is 9.93. The molecule has 0 saturated carbocycles. The molecule has 0 atom stereocenters. The molecule has 4 heteroatoms. The maximum Gasteiger partial charge on any atom is 0.0577 e. The van der Waals surface area contributed by atoms with Crippen LogP contribution in [0, 0.1) is 0 Å². The van der Waals surface area contributed by atoms with Gasteiger partial charge >= 0.3 is 0 Å². The summed E-state index contributed by atoms with van der Waals surface area (Å²) in [5.41, 5.74) is 34.0. The fourth-order valence-electron chi connectivity index (χ4n) is 21.2. The number of fused-ring (bicyclic) bond motifs is 39. The van der Waals surface area contributed by atoms with Crippen LogP contribution in [0.15, 0.2) is 315 Å². The van der Waals surface area contributed by atoms with E-state index in [9.17, 15) is 0 Å². The van der Waals surface area contributed by atoms with Gasteiger partial charge in [0.2, 0.25) is 0 Å². The van der Waals surface area contributed by atoms with Crippen LogP contribution >= 0.6 is 0 Å². The number of aryl methyl sites for hydroxylation is 4. The highest BCUT2D eigenvalue weighted by Gasteiger charge is 2.32. The summed E-state index contributed by atoms with van der Waals surface area (Å²) in [5, 5.41) is 27.4. The third-order valence-corrected chi connectivity index (χ3v) is 26.0. The van der Waals surface area contributed by atoms with E-state index in [1.54, 1.807) is 0 Å². The SMILES string of the molecule is CC.CC.CC.CC.CC.CC.CC.CC.CC.CC.CC.CCn1c2cc3ccccc3cc2c2c3c(ccc21)-c1ccccc1C3.CCn1c2ccc3c(c2c2ccc4ccccc4c21)-c1cc2ccccc2cc1C3.CCn1c2ccc3c(c2c2ccc4ccccc4c21)Cc1ccccc1-3.CCn1c2ccccc2c2c3c(c4ccccc4c21)Cc1c-3ccc2ccccc12. The van der Waals surface area contributed by atoms with Crippen molar-refractivity contribution in [3.8, 4) is 44.5 Å². The van der Waals surface area contributed by atoms with Gasteiger partial charge in [-0.1, -0.05) is 425 Å². The molecule has 4 nitrogen and oxygen atoms in total. The zero-order valence-corrected chi connectivity index (χ0v) is 85.5. The molecule has 0 aliphatic heterocycles. The van der Waals surface area contributed by atoms with E-state index in [1.165, 1.54) is 241 Å². The number of nitrogens with zero attached hydrogens (tertiary/aromatic N) is 4. The molecular weight excluding hydrogens is 1620 g/mol. The van der Waals surface area contributed by atoms with E-state index in [0.717, 1.165) is 51.9 Å². The molecule has 0 unspecified atom stereocenters. The van der Waals surface area contributed by atoms with Crippen LogP contribution in [0.5, 0.6) is 0 Å². The quantitative estimate of drug-likeness (QED) is 0.167. The number of benzene rings is 18. The Bertz CT molecular complexity index is 7740. The van der Waals surface area contributed by atoms with Gasteiger partial charge in [0.25, 0.3) is 0 Å². The molecule has 4 aliphatic carbocycles. The molecule has 4 aliphatic rings. The molecule has 4 aromatic heterocycles. The highest BCUT2D eigenvalue weighted by molar-refractivity contribution is 6.28. The fraction of sp³-hybridized carbons (Fsp3) is 0.262. The molecule has 0 bridgehead atoms. The third kappa shape index (κ3) is 17.4. The summed E-state index contributed by atoms with van der Waals surface area (Å²) in [7, 11) is 0. The topological polar surface area (TPSA) is 19.7 Å². The van der Waals surface area contributed by atoms with Gasteiger partial charge in [-0.25, -0.2) is 0 Å². The Balaban J connectivity index is 0.000000151. The fourth-order valence-corrected chi connectivity index (χ4v) is 21.2. The highest BCUT2D eigenvalue weighted by atomic mass is 15.0. The summed E-state index contributed by atoms with van der Waals surface area (Å²) >= 11 is 0. The minimum Gasteiger partial charge on any atom is -0.341 e. The first kappa shape index (κ1) is 99.7. The van der Waals surface area contributed by atoms with Gasteiger partial charge in [-0.15, -0.1) is 0 Å². The van der Waals surface area contributed by atoms with Gasteiger partial charge in [0.15, 0.2) is 0 Å². The Morgan fingerprint density at radius 1 is 0.172 bits per heavy atom. The van der Waals surface area contributed by atoms with Crippen molar-refractivity contribution >= 4 is 152 Å². The number of aromatic nitrogens is 4. The van der Waals surface area contributed by atoms with Crippen molar-refractivity contribution < 1.29 is 0 Å². The van der Waals surface area contributed by atoms with Crippen molar-refractivity contribution in [3.63, 3.8) is 0 Å². The lowest BCUT2D eigenvalue weighted by Gasteiger charge is -2.12. The molecule has 0 N–H and O–H groups in total. The second-order valence-corrected chi connectivity index (χ2v) is 31.4. The zero-order valence-electron chi connectivity index (χ0n) is 85.5. The summed E-state index contributed by atoms with van der Waals surface area (Å²) in [5.74, 6) is 0. The number of rotatable bonds is 4. The van der Waals surface area contributed by atoms with Crippen LogP contribution in [-0.4, -0.2) is 18.3 Å². The second kappa shape index (κ2) is 46.4. The lowest BCUT2D eigenvalue weighted by Crippen LogP contribution is -1.95. The van der Waals surface area contributed by atoms with E-state index in [-0.39, 0.29) is 0 Å². The summed E-state index contributed by atoms with van der Waals surface area (Å²) in [4.78, 5) is 0. The van der Waals surface area contributed by atoms with Gasteiger partial charge in [0, 0.05) is 113 Å². The Kier molecular flexibility index (Phi) is 34.5. The number of hydrogen-bond donors (Lipinski definition) is 0. The summed E-state index contributed by atoms with van der Waals surface area (Å²) in [6.07, 6.45) is 4.11. The van der Waals surface area contributed by atoms with E-state index >= 15 is 0 Å². The molecule has 686 valence electrons. The van der Waals surface area contributed by atoms with Crippen molar-refractivity contribution in [2.75, 3.05) is 0 Å². The summed E-state index contributed by atoms with van der Waals surface area (Å²) in [6, 6.07) is 117. The van der Waals surface area contributed by atoms with Gasteiger partial charge < -0.3 is 18.3 Å². The predicted molar refractivity (Wildman–Crippen MR) is 603 cm³/mol. The molecule has 0 saturated heterocycles. The molecular formula is C130H146N4. The molecule has 0 fully saturated rings. The van der Waals surface area contributed by atoms with Crippen molar-refractivity contribution in [2.45, 2.75) is 232 Å². The van der Waals surface area contributed by atoms with Gasteiger partial charge in [-0.2, -0.15) is 0 Å². The van der Waals surface area contributed by atoms with Crippen LogP contribution < -0.4 is 0 Å². The van der Waals surface area contributed by atoms with E-state index in [0.29, 0.717) is 0 Å². The first-order valence-corrected chi connectivity index (χ1v) is 51.4. The summed E-state index contributed by atoms with van der Waals surface area (Å²) < 4.78 is 9.98. The van der Waals surface area contributed by atoms with E-state index < -0.39 is 0 Å². The Morgan fingerprint density at radius 3 is 1.07 bits per heavy atom. The molecule has 22 aromatic rings. The second-order valence-electron chi connectivity index (χ2n) is 31.4. The minimum atomic E-state index is 0.970. The number of hydrogen-bond acceptors (Lipinski definition) is 0. The molecule has 18 aromatic carbocycles.